The first-order valence-corrected chi connectivity index (χ1v) is 9.10. The van der Waals surface area contributed by atoms with Crippen LogP contribution in [0.5, 0.6) is 0 Å². The molecule has 0 radical (unpaired) electrons. The van der Waals surface area contributed by atoms with Gasteiger partial charge in [-0.1, -0.05) is 38.1 Å². The van der Waals surface area contributed by atoms with Crippen LogP contribution in [-0.2, 0) is 22.4 Å². The number of carbonyl (C=O) groups excluding carboxylic acids is 2. The number of aryl methyl sites for hydroxylation is 1. The molecule has 3 rings (SSSR count). The van der Waals surface area contributed by atoms with E-state index in [0.717, 1.165) is 24.1 Å². The largest absolute Gasteiger partial charge is 0.465 e. The van der Waals surface area contributed by atoms with Crippen LogP contribution < -0.4 is 4.90 Å². The van der Waals surface area contributed by atoms with Gasteiger partial charge in [0.15, 0.2) is 0 Å². The molecule has 0 atom stereocenters. The number of methoxy groups -OCH3 is 1. The smallest absolute Gasteiger partial charge is 0.337 e. The van der Waals surface area contributed by atoms with Crippen molar-refractivity contribution in [3.8, 4) is 0 Å². The highest BCUT2D eigenvalue weighted by Crippen LogP contribution is 2.30. The van der Waals surface area contributed by atoms with Gasteiger partial charge in [-0.2, -0.15) is 0 Å². The summed E-state index contributed by atoms with van der Waals surface area (Å²) in [6.45, 7) is 5.02. The Morgan fingerprint density at radius 3 is 2.50 bits per heavy atom. The fourth-order valence-electron chi connectivity index (χ4n) is 3.36. The molecule has 0 fully saturated rings. The molecule has 0 N–H and O–H groups in total. The highest BCUT2D eigenvalue weighted by Gasteiger charge is 2.25. The van der Waals surface area contributed by atoms with Gasteiger partial charge in [0.05, 0.1) is 12.7 Å². The fourth-order valence-corrected chi connectivity index (χ4v) is 3.36. The van der Waals surface area contributed by atoms with Gasteiger partial charge >= 0.3 is 5.97 Å². The minimum Gasteiger partial charge on any atom is -0.465 e. The standard InChI is InChI=1S/C22H25NO3/c1-15(2)17-7-4-16(5-8-17)6-11-21(24)23-13-12-18-14-19(22(25)26-3)9-10-20(18)23/h4-5,7-10,14-15H,6,11-13H2,1-3H3. The molecule has 0 aliphatic carbocycles. The highest BCUT2D eigenvalue weighted by molar-refractivity contribution is 5.97. The second kappa shape index (κ2) is 7.73. The van der Waals surface area contributed by atoms with Gasteiger partial charge in [-0.15, -0.1) is 0 Å². The van der Waals surface area contributed by atoms with E-state index in [9.17, 15) is 9.59 Å². The monoisotopic (exact) mass is 351 g/mol. The van der Waals surface area contributed by atoms with E-state index in [1.807, 2.05) is 17.0 Å². The summed E-state index contributed by atoms with van der Waals surface area (Å²) < 4.78 is 4.76. The molecule has 0 bridgehead atoms. The lowest BCUT2D eigenvalue weighted by Crippen LogP contribution is -2.29. The van der Waals surface area contributed by atoms with Gasteiger partial charge in [0.25, 0.3) is 0 Å². The predicted molar refractivity (Wildman–Crippen MR) is 103 cm³/mol. The van der Waals surface area contributed by atoms with Crippen molar-refractivity contribution < 1.29 is 14.3 Å². The van der Waals surface area contributed by atoms with Gasteiger partial charge < -0.3 is 9.64 Å². The van der Waals surface area contributed by atoms with E-state index < -0.39 is 0 Å². The van der Waals surface area contributed by atoms with Crippen LogP contribution in [0.3, 0.4) is 0 Å². The Morgan fingerprint density at radius 1 is 1.12 bits per heavy atom. The third-order valence-electron chi connectivity index (χ3n) is 4.97. The lowest BCUT2D eigenvalue weighted by Gasteiger charge is -2.17. The number of ether oxygens (including phenoxy) is 1. The SMILES string of the molecule is COC(=O)c1ccc2c(c1)CCN2C(=O)CCc1ccc(C(C)C)cc1. The molecular formula is C22H25NO3. The maximum absolute atomic E-state index is 12.7. The molecule has 0 saturated heterocycles. The number of amides is 1. The van der Waals surface area contributed by atoms with E-state index >= 15 is 0 Å². The molecule has 2 aromatic rings. The van der Waals surface area contributed by atoms with Crippen LogP contribution in [0.25, 0.3) is 0 Å². The fraction of sp³-hybridized carbons (Fsp3) is 0.364. The molecule has 26 heavy (non-hydrogen) atoms. The van der Waals surface area contributed by atoms with Crippen molar-refractivity contribution in [3.63, 3.8) is 0 Å². The molecular weight excluding hydrogens is 326 g/mol. The van der Waals surface area contributed by atoms with Crippen LogP contribution in [0.4, 0.5) is 5.69 Å². The number of benzene rings is 2. The Balaban J connectivity index is 1.64. The minimum absolute atomic E-state index is 0.127. The molecule has 1 aliphatic rings. The molecule has 0 unspecified atom stereocenters. The van der Waals surface area contributed by atoms with Crippen molar-refractivity contribution in [1.29, 1.82) is 0 Å². The number of esters is 1. The van der Waals surface area contributed by atoms with Crippen molar-refractivity contribution in [2.24, 2.45) is 0 Å². The average molecular weight is 351 g/mol. The first kappa shape index (κ1) is 18.2. The van der Waals surface area contributed by atoms with Gasteiger partial charge in [0.1, 0.15) is 0 Å². The molecule has 1 heterocycles. The lowest BCUT2D eigenvalue weighted by molar-refractivity contribution is -0.118. The van der Waals surface area contributed by atoms with Crippen molar-refractivity contribution >= 4 is 17.6 Å². The molecule has 136 valence electrons. The summed E-state index contributed by atoms with van der Waals surface area (Å²) >= 11 is 0. The molecule has 1 amide bonds. The zero-order valence-corrected chi connectivity index (χ0v) is 15.6. The Labute approximate surface area is 154 Å². The van der Waals surface area contributed by atoms with Gasteiger partial charge in [-0.25, -0.2) is 4.79 Å². The summed E-state index contributed by atoms with van der Waals surface area (Å²) in [5, 5.41) is 0. The highest BCUT2D eigenvalue weighted by atomic mass is 16.5. The third-order valence-corrected chi connectivity index (χ3v) is 4.97. The number of rotatable bonds is 5. The Hall–Kier alpha value is -2.62. The number of nitrogens with zero attached hydrogens (tertiary/aromatic N) is 1. The van der Waals surface area contributed by atoms with Crippen molar-refractivity contribution in [1.82, 2.24) is 0 Å². The predicted octanol–water partition coefficient (Wildman–Crippen LogP) is 4.12. The summed E-state index contributed by atoms with van der Waals surface area (Å²) in [7, 11) is 1.37. The Morgan fingerprint density at radius 2 is 1.85 bits per heavy atom. The number of carbonyl (C=O) groups is 2. The number of hydrogen-bond donors (Lipinski definition) is 0. The first-order valence-electron chi connectivity index (χ1n) is 9.10. The number of fused-ring (bicyclic) bond motifs is 1. The van der Waals surface area contributed by atoms with E-state index in [1.54, 1.807) is 6.07 Å². The second-order valence-corrected chi connectivity index (χ2v) is 7.03. The van der Waals surface area contributed by atoms with Crippen LogP contribution in [0, 0.1) is 0 Å². The van der Waals surface area contributed by atoms with Crippen LogP contribution in [-0.4, -0.2) is 25.5 Å². The molecule has 0 saturated carbocycles. The molecule has 0 spiro atoms. The molecule has 2 aromatic carbocycles. The summed E-state index contributed by atoms with van der Waals surface area (Å²) in [6, 6.07) is 13.9. The Bertz CT molecular complexity index is 809. The second-order valence-electron chi connectivity index (χ2n) is 7.03. The summed E-state index contributed by atoms with van der Waals surface area (Å²) in [6.07, 6.45) is 2.00. The molecule has 0 aromatic heterocycles. The third kappa shape index (κ3) is 3.79. The maximum Gasteiger partial charge on any atom is 0.337 e. The van der Waals surface area contributed by atoms with Crippen LogP contribution >= 0.6 is 0 Å². The normalized spacial score (nSPS) is 13.0. The lowest BCUT2D eigenvalue weighted by atomic mass is 10.00. The zero-order chi connectivity index (χ0) is 18.7. The van der Waals surface area contributed by atoms with E-state index in [2.05, 4.69) is 38.1 Å². The summed E-state index contributed by atoms with van der Waals surface area (Å²) in [5.41, 5.74) is 4.98. The van der Waals surface area contributed by atoms with E-state index in [4.69, 9.17) is 4.74 Å². The average Bonchev–Trinajstić information content (AvgIpc) is 3.09. The van der Waals surface area contributed by atoms with E-state index in [-0.39, 0.29) is 11.9 Å². The minimum atomic E-state index is -0.345. The van der Waals surface area contributed by atoms with E-state index in [0.29, 0.717) is 24.4 Å². The van der Waals surface area contributed by atoms with Gasteiger partial charge in [0.2, 0.25) is 5.91 Å². The van der Waals surface area contributed by atoms with Crippen molar-refractivity contribution in [2.45, 2.75) is 39.0 Å². The van der Waals surface area contributed by atoms with Gasteiger partial charge in [-0.3, -0.25) is 4.79 Å². The summed E-state index contributed by atoms with van der Waals surface area (Å²) in [5.74, 6) is 0.298. The van der Waals surface area contributed by atoms with Gasteiger partial charge in [0, 0.05) is 18.7 Å². The van der Waals surface area contributed by atoms with Crippen molar-refractivity contribution in [3.05, 3.63) is 64.7 Å². The summed E-state index contributed by atoms with van der Waals surface area (Å²) in [4.78, 5) is 26.1. The molecule has 4 heteroatoms. The van der Waals surface area contributed by atoms with Gasteiger partial charge in [-0.05, 0) is 53.6 Å². The maximum atomic E-state index is 12.7. The Kier molecular flexibility index (Phi) is 5.40. The molecule has 4 nitrogen and oxygen atoms in total. The quantitative estimate of drug-likeness (QED) is 0.761. The number of hydrogen-bond acceptors (Lipinski definition) is 3. The first-order chi connectivity index (χ1) is 12.5. The van der Waals surface area contributed by atoms with Crippen LogP contribution in [0.2, 0.25) is 0 Å². The van der Waals surface area contributed by atoms with E-state index in [1.165, 1.54) is 18.2 Å². The van der Waals surface area contributed by atoms with Crippen LogP contribution in [0.1, 0.15) is 53.2 Å². The molecule has 1 aliphatic heterocycles. The number of anilines is 1. The topological polar surface area (TPSA) is 46.6 Å². The zero-order valence-electron chi connectivity index (χ0n) is 15.6. The van der Waals surface area contributed by atoms with Crippen molar-refractivity contribution in [2.75, 3.05) is 18.6 Å². The van der Waals surface area contributed by atoms with Crippen LogP contribution in [0.15, 0.2) is 42.5 Å².